The fourth-order valence-corrected chi connectivity index (χ4v) is 2.73. The second-order valence-electron chi connectivity index (χ2n) is 4.24. The Labute approximate surface area is 132 Å². The van der Waals surface area contributed by atoms with Crippen molar-refractivity contribution in [3.05, 3.63) is 58.6 Å². The molecule has 0 heterocycles. The summed E-state index contributed by atoms with van der Waals surface area (Å²) >= 11 is 7.45. The number of halogens is 1. The van der Waals surface area contributed by atoms with Crippen LogP contribution in [-0.2, 0) is 6.61 Å². The molecule has 110 valence electrons. The van der Waals surface area contributed by atoms with E-state index in [-0.39, 0.29) is 5.84 Å². The Bertz CT molecular complexity index is 662. The van der Waals surface area contributed by atoms with E-state index in [1.165, 1.54) is 11.8 Å². The highest BCUT2D eigenvalue weighted by Crippen LogP contribution is 2.29. The zero-order valence-corrected chi connectivity index (χ0v) is 13.0. The first kappa shape index (κ1) is 15.5. The summed E-state index contributed by atoms with van der Waals surface area (Å²) in [4.78, 5) is 0.883. The number of rotatable bonds is 5. The fraction of sp³-hybridized carbons (Fsp3) is 0.133. The van der Waals surface area contributed by atoms with E-state index in [2.05, 4.69) is 5.16 Å². The second kappa shape index (κ2) is 7.24. The van der Waals surface area contributed by atoms with Gasteiger partial charge >= 0.3 is 0 Å². The molecule has 0 saturated carbocycles. The van der Waals surface area contributed by atoms with Gasteiger partial charge in [-0.2, -0.15) is 0 Å². The van der Waals surface area contributed by atoms with Crippen molar-refractivity contribution in [2.24, 2.45) is 10.9 Å². The summed E-state index contributed by atoms with van der Waals surface area (Å²) in [6.45, 7) is 0.351. The van der Waals surface area contributed by atoms with Crippen LogP contribution in [0.5, 0.6) is 5.75 Å². The molecular formula is C15H15ClN2O2S. The molecule has 2 rings (SSSR count). The lowest BCUT2D eigenvalue weighted by Gasteiger charge is -2.13. The molecule has 4 nitrogen and oxygen atoms in total. The van der Waals surface area contributed by atoms with Gasteiger partial charge in [0.2, 0.25) is 0 Å². The lowest BCUT2D eigenvalue weighted by Crippen LogP contribution is -2.16. The normalized spacial score (nSPS) is 11.4. The molecule has 2 aromatic carbocycles. The smallest absolute Gasteiger partial charge is 0.174 e. The number of benzene rings is 2. The summed E-state index contributed by atoms with van der Waals surface area (Å²) in [7, 11) is 0. The number of amidine groups is 1. The highest BCUT2D eigenvalue weighted by Gasteiger charge is 2.13. The molecule has 0 bridgehead atoms. The largest absolute Gasteiger partial charge is 0.488 e. The Kier molecular flexibility index (Phi) is 5.36. The molecule has 0 aliphatic heterocycles. The van der Waals surface area contributed by atoms with Gasteiger partial charge in [-0.25, -0.2) is 0 Å². The molecule has 0 radical (unpaired) electrons. The van der Waals surface area contributed by atoms with Crippen molar-refractivity contribution >= 4 is 29.2 Å². The van der Waals surface area contributed by atoms with Crippen molar-refractivity contribution in [3.8, 4) is 5.75 Å². The average molecular weight is 323 g/mol. The first-order valence-corrected chi connectivity index (χ1v) is 7.78. The maximum absolute atomic E-state index is 8.93. The Morgan fingerprint density at radius 2 is 2.10 bits per heavy atom. The Hall–Kier alpha value is -1.85. The quantitative estimate of drug-likeness (QED) is 0.289. The zero-order chi connectivity index (χ0) is 15.2. The van der Waals surface area contributed by atoms with Crippen molar-refractivity contribution in [2.75, 3.05) is 6.26 Å². The van der Waals surface area contributed by atoms with E-state index in [1.807, 2.05) is 36.6 Å². The molecular weight excluding hydrogens is 308 g/mol. The van der Waals surface area contributed by atoms with Crippen LogP contribution in [0.3, 0.4) is 0 Å². The highest BCUT2D eigenvalue weighted by atomic mass is 35.5. The summed E-state index contributed by atoms with van der Waals surface area (Å²) < 4.78 is 5.80. The predicted octanol–water partition coefficient (Wildman–Crippen LogP) is 3.74. The highest BCUT2D eigenvalue weighted by molar-refractivity contribution is 7.98. The third-order valence-corrected chi connectivity index (χ3v) is 3.87. The number of ether oxygens (including phenoxy) is 1. The van der Waals surface area contributed by atoms with E-state index in [0.717, 1.165) is 10.5 Å². The minimum absolute atomic E-state index is 0.0287. The van der Waals surface area contributed by atoms with Crippen LogP contribution in [0.2, 0.25) is 5.02 Å². The van der Waals surface area contributed by atoms with E-state index in [9.17, 15) is 0 Å². The number of hydrogen-bond acceptors (Lipinski definition) is 4. The SMILES string of the molecule is CSc1cccc(OCc2cccc(Cl)c2)c1/C(N)=N/O. The van der Waals surface area contributed by atoms with Crippen LogP contribution in [0.4, 0.5) is 0 Å². The molecule has 0 aromatic heterocycles. The number of nitrogens with two attached hydrogens (primary N) is 1. The topological polar surface area (TPSA) is 67.8 Å². The Balaban J connectivity index is 2.27. The van der Waals surface area contributed by atoms with Gasteiger partial charge in [0.25, 0.3) is 0 Å². The summed E-state index contributed by atoms with van der Waals surface area (Å²) in [6.07, 6.45) is 1.92. The third-order valence-electron chi connectivity index (χ3n) is 2.86. The molecule has 0 atom stereocenters. The van der Waals surface area contributed by atoms with Crippen LogP contribution in [-0.4, -0.2) is 17.3 Å². The summed E-state index contributed by atoms with van der Waals surface area (Å²) in [6, 6.07) is 13.0. The molecule has 2 aromatic rings. The third kappa shape index (κ3) is 3.83. The molecule has 0 fully saturated rings. The van der Waals surface area contributed by atoms with Crippen molar-refractivity contribution in [1.82, 2.24) is 0 Å². The first-order valence-electron chi connectivity index (χ1n) is 6.18. The van der Waals surface area contributed by atoms with Gasteiger partial charge in [0.1, 0.15) is 12.4 Å². The van der Waals surface area contributed by atoms with E-state index < -0.39 is 0 Å². The number of thioether (sulfide) groups is 1. The maximum atomic E-state index is 8.93. The predicted molar refractivity (Wildman–Crippen MR) is 86.5 cm³/mol. The van der Waals surface area contributed by atoms with Crippen molar-refractivity contribution in [1.29, 1.82) is 0 Å². The molecule has 0 aliphatic carbocycles. The standard InChI is InChI=1S/C15H15ClN2O2S/c1-21-13-7-3-6-12(14(13)15(17)18-19)20-9-10-4-2-5-11(16)8-10/h2-8,19H,9H2,1H3,(H2,17,18). The summed E-state index contributed by atoms with van der Waals surface area (Å²) in [5.74, 6) is 0.596. The van der Waals surface area contributed by atoms with Crippen molar-refractivity contribution in [3.63, 3.8) is 0 Å². The van der Waals surface area contributed by atoms with Crippen LogP contribution in [0, 0.1) is 0 Å². The fourth-order valence-electron chi connectivity index (χ4n) is 1.89. The lowest BCUT2D eigenvalue weighted by atomic mass is 10.2. The number of nitrogens with zero attached hydrogens (tertiary/aromatic N) is 1. The number of hydrogen-bond donors (Lipinski definition) is 2. The van der Waals surface area contributed by atoms with E-state index in [4.69, 9.17) is 27.3 Å². The van der Waals surface area contributed by atoms with Gasteiger partial charge < -0.3 is 15.7 Å². The van der Waals surface area contributed by atoms with Gasteiger partial charge in [-0.05, 0) is 36.1 Å². The monoisotopic (exact) mass is 322 g/mol. The summed E-state index contributed by atoms with van der Waals surface area (Å²) in [5, 5.41) is 12.7. The summed E-state index contributed by atoms with van der Waals surface area (Å²) in [5.41, 5.74) is 7.29. The van der Waals surface area contributed by atoms with E-state index >= 15 is 0 Å². The van der Waals surface area contributed by atoms with Crippen LogP contribution in [0.15, 0.2) is 52.5 Å². The molecule has 6 heteroatoms. The molecule has 0 saturated heterocycles. The first-order chi connectivity index (χ1) is 10.2. The second-order valence-corrected chi connectivity index (χ2v) is 5.52. The molecule has 0 unspecified atom stereocenters. The Morgan fingerprint density at radius 1 is 1.33 bits per heavy atom. The molecule has 3 N–H and O–H groups in total. The van der Waals surface area contributed by atoms with E-state index in [0.29, 0.717) is 22.9 Å². The minimum atomic E-state index is 0.0287. The van der Waals surface area contributed by atoms with Gasteiger partial charge in [0.05, 0.1) is 5.56 Å². The Morgan fingerprint density at radius 3 is 2.76 bits per heavy atom. The van der Waals surface area contributed by atoms with Crippen molar-refractivity contribution < 1.29 is 9.94 Å². The zero-order valence-electron chi connectivity index (χ0n) is 11.4. The van der Waals surface area contributed by atoms with Crippen LogP contribution >= 0.6 is 23.4 Å². The van der Waals surface area contributed by atoms with Crippen LogP contribution < -0.4 is 10.5 Å². The average Bonchev–Trinajstić information content (AvgIpc) is 2.51. The maximum Gasteiger partial charge on any atom is 0.174 e. The lowest BCUT2D eigenvalue weighted by molar-refractivity contribution is 0.302. The molecule has 0 spiro atoms. The van der Waals surface area contributed by atoms with Gasteiger partial charge in [0.15, 0.2) is 5.84 Å². The van der Waals surface area contributed by atoms with Gasteiger partial charge in [0, 0.05) is 9.92 Å². The van der Waals surface area contributed by atoms with Crippen LogP contribution in [0.25, 0.3) is 0 Å². The van der Waals surface area contributed by atoms with Gasteiger partial charge in [-0.15, -0.1) is 11.8 Å². The molecule has 0 amide bonds. The van der Waals surface area contributed by atoms with Crippen LogP contribution in [0.1, 0.15) is 11.1 Å². The minimum Gasteiger partial charge on any atom is -0.488 e. The van der Waals surface area contributed by atoms with Gasteiger partial charge in [-0.1, -0.05) is 35.0 Å². The number of oxime groups is 1. The van der Waals surface area contributed by atoms with Gasteiger partial charge in [-0.3, -0.25) is 0 Å². The molecule has 0 aliphatic rings. The van der Waals surface area contributed by atoms with Crippen molar-refractivity contribution in [2.45, 2.75) is 11.5 Å². The van der Waals surface area contributed by atoms with E-state index in [1.54, 1.807) is 12.1 Å². The molecule has 21 heavy (non-hydrogen) atoms.